The third-order valence-electron chi connectivity index (χ3n) is 4.40. The van der Waals surface area contributed by atoms with E-state index in [0.717, 1.165) is 0 Å². The van der Waals surface area contributed by atoms with Gasteiger partial charge in [0.25, 0.3) is 0 Å². The maximum Gasteiger partial charge on any atom is 0.338 e. The predicted octanol–water partition coefficient (Wildman–Crippen LogP) is 1.92. The van der Waals surface area contributed by atoms with Crippen LogP contribution in [0, 0.1) is 5.21 Å². The van der Waals surface area contributed by atoms with Gasteiger partial charge in [0.1, 0.15) is 5.75 Å². The minimum absolute atomic E-state index is 0.0161. The highest BCUT2D eigenvalue weighted by atomic mass is 16.8. The Kier molecular flexibility index (Phi) is 3.80. The van der Waals surface area contributed by atoms with E-state index in [4.69, 9.17) is 18.9 Å². The topological polar surface area (TPSA) is 102 Å². The van der Waals surface area contributed by atoms with E-state index in [2.05, 4.69) is 0 Å². The summed E-state index contributed by atoms with van der Waals surface area (Å²) < 4.78 is 21.2. The van der Waals surface area contributed by atoms with Gasteiger partial charge in [0.2, 0.25) is 6.79 Å². The minimum Gasteiger partial charge on any atom is -0.595 e. The van der Waals surface area contributed by atoms with Crippen molar-refractivity contribution in [3.05, 3.63) is 41.1 Å². The van der Waals surface area contributed by atoms with E-state index in [9.17, 15) is 15.2 Å². The highest BCUT2D eigenvalue weighted by Crippen LogP contribution is 2.47. The van der Waals surface area contributed by atoms with E-state index in [-0.39, 0.29) is 23.4 Å². The number of quaternary nitrogens is 1. The first-order chi connectivity index (χ1) is 12.5. The Bertz CT molecular complexity index is 1050. The Labute approximate surface area is 147 Å². The molecular formula is C18H15NO7. The first-order valence-corrected chi connectivity index (χ1v) is 7.73. The lowest BCUT2D eigenvalue weighted by atomic mass is 9.95. The van der Waals surface area contributed by atoms with Crippen molar-refractivity contribution in [3.63, 3.8) is 0 Å². The molecule has 0 saturated heterocycles. The lowest BCUT2D eigenvalue weighted by molar-refractivity contribution is -0.990. The molecule has 1 aliphatic rings. The molecular weight excluding hydrogens is 342 g/mol. The summed E-state index contributed by atoms with van der Waals surface area (Å²) in [7, 11) is 2.78. The van der Waals surface area contributed by atoms with Crippen LogP contribution < -0.4 is 19.4 Å². The summed E-state index contributed by atoms with van der Waals surface area (Å²) >= 11 is 0. The number of carbonyl (C=O) groups excluding carboxylic acids is 1. The van der Waals surface area contributed by atoms with Crippen molar-refractivity contribution >= 4 is 33.2 Å². The fourth-order valence-corrected chi connectivity index (χ4v) is 3.25. The standard InChI is InChI=1S/C18H15NO7/c1-23-10-4-3-9-5-13(19(21)22)15-12(18(20)24-2)7-14-17(26-8-25-14)16(15)11(9)6-10/h3-7,19,21H,8H2,1-2H3. The summed E-state index contributed by atoms with van der Waals surface area (Å²) in [5.41, 5.74) is 0.0882. The van der Waals surface area contributed by atoms with Crippen molar-refractivity contribution in [1.29, 1.82) is 0 Å². The van der Waals surface area contributed by atoms with Crippen LogP contribution in [0.4, 0.5) is 5.69 Å². The lowest BCUT2D eigenvalue weighted by Crippen LogP contribution is -2.99. The van der Waals surface area contributed by atoms with Gasteiger partial charge in [0.05, 0.1) is 25.2 Å². The zero-order chi connectivity index (χ0) is 18.4. The van der Waals surface area contributed by atoms with Gasteiger partial charge in [-0.2, -0.15) is 5.23 Å². The molecule has 2 N–H and O–H groups in total. The first kappa shape index (κ1) is 16.4. The van der Waals surface area contributed by atoms with Crippen LogP contribution in [0.5, 0.6) is 17.2 Å². The van der Waals surface area contributed by atoms with Gasteiger partial charge in [0.15, 0.2) is 17.2 Å². The molecule has 3 aromatic carbocycles. The number of carbonyl (C=O) groups is 1. The van der Waals surface area contributed by atoms with Gasteiger partial charge in [-0.25, -0.2) is 10.0 Å². The Balaban J connectivity index is 2.26. The number of benzene rings is 3. The molecule has 1 aliphatic heterocycles. The van der Waals surface area contributed by atoms with Crippen LogP contribution in [0.2, 0.25) is 0 Å². The average Bonchev–Trinajstić information content (AvgIpc) is 3.13. The number of hydrogen-bond acceptors (Lipinski definition) is 7. The van der Waals surface area contributed by atoms with Gasteiger partial charge in [-0.05, 0) is 29.0 Å². The summed E-state index contributed by atoms with van der Waals surface area (Å²) in [6.07, 6.45) is 0. The fourth-order valence-electron chi connectivity index (χ4n) is 3.25. The van der Waals surface area contributed by atoms with Crippen molar-refractivity contribution < 1.29 is 34.2 Å². The summed E-state index contributed by atoms with van der Waals surface area (Å²) in [5.74, 6) is 0.703. The molecule has 0 bridgehead atoms. The van der Waals surface area contributed by atoms with E-state index in [1.54, 1.807) is 25.3 Å². The van der Waals surface area contributed by atoms with Crippen LogP contribution in [0.3, 0.4) is 0 Å². The second kappa shape index (κ2) is 6.03. The zero-order valence-corrected chi connectivity index (χ0v) is 14.0. The maximum absolute atomic E-state index is 12.3. The van der Waals surface area contributed by atoms with Crippen molar-refractivity contribution in [2.45, 2.75) is 0 Å². The largest absolute Gasteiger partial charge is 0.595 e. The van der Waals surface area contributed by atoms with Crippen LogP contribution >= 0.6 is 0 Å². The molecule has 3 aromatic rings. The molecule has 0 aromatic heterocycles. The molecule has 1 atom stereocenters. The molecule has 1 heterocycles. The number of hydrogen-bond donors (Lipinski definition) is 2. The SMILES string of the molecule is COC(=O)c1cc2c(c3c1c([NH+]([O-])O)cc1ccc(OC)cc13)OCO2. The second-order valence-electron chi connectivity index (χ2n) is 5.72. The highest BCUT2D eigenvalue weighted by Gasteiger charge is 2.28. The highest BCUT2D eigenvalue weighted by molar-refractivity contribution is 6.21. The lowest BCUT2D eigenvalue weighted by Gasteiger charge is -2.18. The van der Waals surface area contributed by atoms with Crippen LogP contribution in [0.25, 0.3) is 21.5 Å². The first-order valence-electron chi connectivity index (χ1n) is 7.73. The Morgan fingerprint density at radius 3 is 2.69 bits per heavy atom. The molecule has 0 aliphatic carbocycles. The molecule has 0 fully saturated rings. The number of ether oxygens (including phenoxy) is 4. The molecule has 0 amide bonds. The van der Waals surface area contributed by atoms with E-state index < -0.39 is 11.2 Å². The Morgan fingerprint density at radius 2 is 2.00 bits per heavy atom. The van der Waals surface area contributed by atoms with Gasteiger partial charge in [-0.3, -0.25) is 0 Å². The monoisotopic (exact) mass is 357 g/mol. The van der Waals surface area contributed by atoms with E-state index in [1.807, 2.05) is 0 Å². The summed E-state index contributed by atoms with van der Waals surface area (Å²) in [6, 6.07) is 8.24. The summed E-state index contributed by atoms with van der Waals surface area (Å²) in [5, 5.41) is 22.6. The Hall–Kier alpha value is -3.07. The quantitative estimate of drug-likeness (QED) is 0.419. The fraction of sp³-hybridized carbons (Fsp3) is 0.167. The van der Waals surface area contributed by atoms with Gasteiger partial charge >= 0.3 is 5.97 Å². The Morgan fingerprint density at radius 1 is 1.19 bits per heavy atom. The van der Waals surface area contributed by atoms with Crippen LogP contribution in [-0.4, -0.2) is 32.2 Å². The number of nitrogens with one attached hydrogen (secondary N) is 1. The van der Waals surface area contributed by atoms with Gasteiger partial charge in [-0.1, -0.05) is 6.07 Å². The molecule has 0 saturated carbocycles. The molecule has 8 nitrogen and oxygen atoms in total. The van der Waals surface area contributed by atoms with Gasteiger partial charge in [-0.15, -0.1) is 0 Å². The van der Waals surface area contributed by atoms with E-state index in [1.165, 1.54) is 19.2 Å². The summed E-state index contributed by atoms with van der Waals surface area (Å²) in [6.45, 7) is -0.0161. The molecule has 26 heavy (non-hydrogen) atoms. The van der Waals surface area contributed by atoms with Crippen LogP contribution in [-0.2, 0) is 4.74 Å². The van der Waals surface area contributed by atoms with Crippen LogP contribution in [0.1, 0.15) is 10.4 Å². The third-order valence-corrected chi connectivity index (χ3v) is 4.40. The van der Waals surface area contributed by atoms with Gasteiger partial charge < -0.3 is 24.2 Å². The van der Waals surface area contributed by atoms with Crippen molar-refractivity contribution in [1.82, 2.24) is 0 Å². The number of methoxy groups -OCH3 is 2. The van der Waals surface area contributed by atoms with Crippen LogP contribution in [0.15, 0.2) is 30.3 Å². The molecule has 134 valence electrons. The normalized spacial score (nSPS) is 13.8. The molecule has 0 spiro atoms. The number of esters is 1. The van der Waals surface area contributed by atoms with Crippen molar-refractivity contribution in [2.24, 2.45) is 0 Å². The smallest absolute Gasteiger partial charge is 0.338 e. The molecule has 0 radical (unpaired) electrons. The minimum atomic E-state index is -1.16. The molecule has 1 unspecified atom stereocenters. The predicted molar refractivity (Wildman–Crippen MR) is 91.2 cm³/mol. The third kappa shape index (κ3) is 2.31. The van der Waals surface area contributed by atoms with Crippen molar-refractivity contribution in [3.8, 4) is 17.2 Å². The average molecular weight is 357 g/mol. The zero-order valence-electron chi connectivity index (χ0n) is 14.0. The van der Waals surface area contributed by atoms with Crippen molar-refractivity contribution in [2.75, 3.05) is 21.0 Å². The summed E-state index contributed by atoms with van der Waals surface area (Å²) in [4.78, 5) is 12.3. The number of rotatable bonds is 3. The molecule has 8 heteroatoms. The van der Waals surface area contributed by atoms with E-state index >= 15 is 0 Å². The van der Waals surface area contributed by atoms with E-state index in [0.29, 0.717) is 33.4 Å². The second-order valence-corrected chi connectivity index (χ2v) is 5.72. The molecule has 4 rings (SSSR count). The number of fused-ring (bicyclic) bond motifs is 5. The maximum atomic E-state index is 12.3. The van der Waals surface area contributed by atoms with Gasteiger partial charge in [0, 0.05) is 11.5 Å².